The molecule has 0 aromatic rings. The Morgan fingerprint density at radius 1 is 1.08 bits per heavy atom. The topological polar surface area (TPSA) is 12.0 Å². The Balaban J connectivity index is 1.87. The summed E-state index contributed by atoms with van der Waals surface area (Å²) in [5.41, 5.74) is 0. The SMILES string of the molecule is FC1(F)CC2CCC(N2)C1C1CC1. The number of hydrogen-bond acceptors (Lipinski definition) is 1. The van der Waals surface area contributed by atoms with Crippen LogP contribution in [0.1, 0.15) is 32.1 Å². The van der Waals surface area contributed by atoms with Crippen molar-refractivity contribution in [3.63, 3.8) is 0 Å². The number of nitrogens with one attached hydrogen (secondary N) is 1. The van der Waals surface area contributed by atoms with Crippen molar-refractivity contribution in [2.45, 2.75) is 50.1 Å². The van der Waals surface area contributed by atoms with E-state index in [-0.39, 0.29) is 24.4 Å². The standard InChI is InChI=1S/C10H15F2N/c11-10(12)5-7-3-4-8(13-7)9(10)6-1-2-6/h6-9,13H,1-5H2. The lowest BCUT2D eigenvalue weighted by atomic mass is 9.84. The van der Waals surface area contributed by atoms with E-state index in [4.69, 9.17) is 0 Å². The Kier molecular flexibility index (Phi) is 1.53. The lowest BCUT2D eigenvalue weighted by Crippen LogP contribution is -2.52. The molecule has 3 fully saturated rings. The Hall–Kier alpha value is -0.180. The molecule has 74 valence electrons. The number of halogens is 2. The fourth-order valence-corrected chi connectivity index (χ4v) is 3.18. The molecule has 1 nitrogen and oxygen atoms in total. The van der Waals surface area contributed by atoms with E-state index in [1.807, 2.05) is 0 Å². The molecule has 0 spiro atoms. The normalized spacial score (nSPS) is 48.0. The van der Waals surface area contributed by atoms with Crippen LogP contribution in [0.15, 0.2) is 0 Å². The summed E-state index contributed by atoms with van der Waals surface area (Å²) in [6.45, 7) is 0. The van der Waals surface area contributed by atoms with Crippen LogP contribution in [0.25, 0.3) is 0 Å². The molecule has 3 atom stereocenters. The Morgan fingerprint density at radius 3 is 2.54 bits per heavy atom. The first-order chi connectivity index (χ1) is 6.17. The van der Waals surface area contributed by atoms with Gasteiger partial charge in [-0.2, -0.15) is 0 Å². The minimum atomic E-state index is -2.38. The number of hydrogen-bond donors (Lipinski definition) is 1. The van der Waals surface area contributed by atoms with E-state index in [0.29, 0.717) is 5.92 Å². The van der Waals surface area contributed by atoms with Crippen molar-refractivity contribution in [2.24, 2.45) is 11.8 Å². The van der Waals surface area contributed by atoms with E-state index >= 15 is 0 Å². The highest BCUT2D eigenvalue weighted by Gasteiger charge is 2.57. The molecular weight excluding hydrogens is 172 g/mol. The Morgan fingerprint density at radius 2 is 1.85 bits per heavy atom. The molecule has 0 radical (unpaired) electrons. The maximum absolute atomic E-state index is 13.7. The first-order valence-corrected chi connectivity index (χ1v) is 5.31. The minimum Gasteiger partial charge on any atom is -0.310 e. The number of fused-ring (bicyclic) bond motifs is 2. The van der Waals surface area contributed by atoms with E-state index in [9.17, 15) is 8.78 Å². The third kappa shape index (κ3) is 1.20. The van der Waals surface area contributed by atoms with E-state index in [1.54, 1.807) is 0 Å². The second kappa shape index (κ2) is 2.44. The summed E-state index contributed by atoms with van der Waals surface area (Å²) in [5.74, 6) is -2.39. The smallest absolute Gasteiger partial charge is 0.254 e. The third-order valence-electron chi connectivity index (χ3n) is 3.85. The summed E-state index contributed by atoms with van der Waals surface area (Å²) in [6, 6.07) is 0.233. The molecule has 3 aliphatic rings. The van der Waals surface area contributed by atoms with Crippen molar-refractivity contribution in [1.29, 1.82) is 0 Å². The first-order valence-electron chi connectivity index (χ1n) is 5.31. The molecule has 3 rings (SSSR count). The van der Waals surface area contributed by atoms with E-state index in [1.165, 1.54) is 0 Å². The van der Waals surface area contributed by atoms with Gasteiger partial charge in [-0.05, 0) is 31.6 Å². The van der Waals surface area contributed by atoms with Crippen molar-refractivity contribution in [1.82, 2.24) is 5.32 Å². The van der Waals surface area contributed by atoms with Crippen LogP contribution in [0, 0.1) is 11.8 Å². The van der Waals surface area contributed by atoms with Gasteiger partial charge in [0.15, 0.2) is 0 Å². The van der Waals surface area contributed by atoms with Gasteiger partial charge in [-0.3, -0.25) is 0 Å². The first kappa shape index (κ1) is 8.16. The molecule has 2 saturated heterocycles. The summed E-state index contributed by atoms with van der Waals surface area (Å²) in [7, 11) is 0. The zero-order valence-electron chi connectivity index (χ0n) is 7.60. The molecule has 13 heavy (non-hydrogen) atoms. The fourth-order valence-electron chi connectivity index (χ4n) is 3.18. The van der Waals surface area contributed by atoms with Gasteiger partial charge in [-0.15, -0.1) is 0 Å². The molecule has 1 aliphatic carbocycles. The highest BCUT2D eigenvalue weighted by molar-refractivity contribution is 5.06. The van der Waals surface area contributed by atoms with Gasteiger partial charge in [0, 0.05) is 24.4 Å². The summed E-state index contributed by atoms with van der Waals surface area (Å²) in [4.78, 5) is 0. The van der Waals surface area contributed by atoms with E-state index in [2.05, 4.69) is 5.32 Å². The predicted octanol–water partition coefficient (Wildman–Crippen LogP) is 2.17. The molecule has 2 aliphatic heterocycles. The highest BCUT2D eigenvalue weighted by Crippen LogP contribution is 2.52. The van der Waals surface area contributed by atoms with Crippen molar-refractivity contribution < 1.29 is 8.78 Å². The van der Waals surface area contributed by atoms with E-state index in [0.717, 1.165) is 25.7 Å². The molecule has 0 amide bonds. The Labute approximate surface area is 76.9 Å². The molecule has 1 N–H and O–H groups in total. The zero-order chi connectivity index (χ0) is 9.05. The molecule has 3 unspecified atom stereocenters. The van der Waals surface area contributed by atoms with Gasteiger partial charge in [-0.25, -0.2) is 8.78 Å². The van der Waals surface area contributed by atoms with Crippen LogP contribution in [0.5, 0.6) is 0 Å². The summed E-state index contributed by atoms with van der Waals surface area (Å²) >= 11 is 0. The van der Waals surface area contributed by atoms with Crippen molar-refractivity contribution in [3.05, 3.63) is 0 Å². The molecule has 2 heterocycles. The minimum absolute atomic E-state index is 0.0880. The van der Waals surface area contributed by atoms with Crippen LogP contribution < -0.4 is 5.32 Å². The largest absolute Gasteiger partial charge is 0.310 e. The predicted molar refractivity (Wildman–Crippen MR) is 45.7 cm³/mol. The fraction of sp³-hybridized carbons (Fsp3) is 1.00. The van der Waals surface area contributed by atoms with E-state index < -0.39 is 5.92 Å². The van der Waals surface area contributed by atoms with Crippen LogP contribution >= 0.6 is 0 Å². The number of piperidine rings is 1. The second-order valence-corrected chi connectivity index (χ2v) is 4.88. The van der Waals surface area contributed by atoms with Crippen LogP contribution in [-0.2, 0) is 0 Å². The lowest BCUT2D eigenvalue weighted by molar-refractivity contribution is -0.104. The molecule has 3 heteroatoms. The van der Waals surface area contributed by atoms with Gasteiger partial charge >= 0.3 is 0 Å². The molecule has 1 saturated carbocycles. The maximum Gasteiger partial charge on any atom is 0.254 e. The van der Waals surface area contributed by atoms with Crippen LogP contribution in [0.4, 0.5) is 8.78 Å². The van der Waals surface area contributed by atoms with Crippen molar-refractivity contribution in [2.75, 3.05) is 0 Å². The Bertz CT molecular complexity index is 225. The van der Waals surface area contributed by atoms with Crippen molar-refractivity contribution >= 4 is 0 Å². The monoisotopic (exact) mass is 187 g/mol. The quantitative estimate of drug-likeness (QED) is 0.663. The summed E-state index contributed by atoms with van der Waals surface area (Å²) in [5, 5.41) is 3.34. The maximum atomic E-state index is 13.7. The third-order valence-corrected chi connectivity index (χ3v) is 3.85. The summed E-state index contributed by atoms with van der Waals surface area (Å²) in [6.07, 6.45) is 4.09. The molecule has 0 aromatic carbocycles. The lowest BCUT2D eigenvalue weighted by Gasteiger charge is -2.37. The number of alkyl halides is 2. The van der Waals surface area contributed by atoms with Gasteiger partial charge in [-0.1, -0.05) is 0 Å². The van der Waals surface area contributed by atoms with Gasteiger partial charge in [0.1, 0.15) is 0 Å². The number of rotatable bonds is 1. The average molecular weight is 187 g/mol. The van der Waals surface area contributed by atoms with Gasteiger partial charge in [0.25, 0.3) is 5.92 Å². The molecule has 0 aromatic heterocycles. The highest BCUT2D eigenvalue weighted by atomic mass is 19.3. The van der Waals surface area contributed by atoms with Crippen molar-refractivity contribution in [3.8, 4) is 0 Å². The summed E-state index contributed by atoms with van der Waals surface area (Å²) < 4.78 is 27.3. The van der Waals surface area contributed by atoms with Gasteiger partial charge in [0.2, 0.25) is 0 Å². The van der Waals surface area contributed by atoms with Crippen LogP contribution in [0.2, 0.25) is 0 Å². The average Bonchev–Trinajstić information content (AvgIpc) is 2.74. The zero-order valence-corrected chi connectivity index (χ0v) is 7.60. The second-order valence-electron chi connectivity index (χ2n) is 4.88. The van der Waals surface area contributed by atoms with Crippen LogP contribution in [0.3, 0.4) is 0 Å². The van der Waals surface area contributed by atoms with Gasteiger partial charge in [0.05, 0.1) is 0 Å². The van der Waals surface area contributed by atoms with Gasteiger partial charge < -0.3 is 5.32 Å². The molecule has 2 bridgehead atoms. The molecular formula is C10H15F2N. The van der Waals surface area contributed by atoms with Crippen LogP contribution in [-0.4, -0.2) is 18.0 Å².